The Labute approximate surface area is 211 Å². The van der Waals surface area contributed by atoms with Crippen LogP contribution in [0.2, 0.25) is 0 Å². The largest absolute Gasteiger partial charge is 0.236 e. The summed E-state index contributed by atoms with van der Waals surface area (Å²) in [6, 6.07) is 8.87. The molecule has 1 aromatic heterocycles. The molecule has 0 aliphatic rings. The highest BCUT2D eigenvalue weighted by Gasteiger charge is 2.03. The molecule has 0 amide bonds. The van der Waals surface area contributed by atoms with Crippen molar-refractivity contribution in [3.63, 3.8) is 0 Å². The van der Waals surface area contributed by atoms with Crippen LogP contribution in [-0.4, -0.2) is 9.97 Å². The highest BCUT2D eigenvalue weighted by Crippen LogP contribution is 2.18. The van der Waals surface area contributed by atoms with Crippen LogP contribution >= 0.6 is 0 Å². The minimum atomic E-state index is 0.851. The summed E-state index contributed by atoms with van der Waals surface area (Å²) >= 11 is 0. The number of rotatable bonds is 21. The van der Waals surface area contributed by atoms with Gasteiger partial charge < -0.3 is 0 Å². The maximum Gasteiger partial charge on any atom is 0.159 e. The molecule has 0 spiro atoms. The van der Waals surface area contributed by atoms with Gasteiger partial charge in [-0.05, 0) is 36.8 Å². The monoisotopic (exact) mass is 464 g/mol. The maximum atomic E-state index is 4.64. The fourth-order valence-corrected chi connectivity index (χ4v) is 4.73. The summed E-state index contributed by atoms with van der Waals surface area (Å²) < 4.78 is 0. The first-order chi connectivity index (χ1) is 16.8. The lowest BCUT2D eigenvalue weighted by Crippen LogP contribution is -1.94. The van der Waals surface area contributed by atoms with Gasteiger partial charge in [-0.2, -0.15) is 0 Å². The Balaban J connectivity index is 1.52. The lowest BCUT2D eigenvalue weighted by molar-refractivity contribution is 0.539. The fraction of sp³-hybridized carbons (Fsp3) is 0.688. The molecule has 0 bridgehead atoms. The van der Waals surface area contributed by atoms with Gasteiger partial charge >= 0.3 is 0 Å². The van der Waals surface area contributed by atoms with Gasteiger partial charge in [0.25, 0.3) is 0 Å². The third-order valence-electron chi connectivity index (χ3n) is 7.06. The minimum absolute atomic E-state index is 0.851. The van der Waals surface area contributed by atoms with Crippen LogP contribution in [0.25, 0.3) is 11.4 Å². The molecular formula is C32H52N2. The van der Waals surface area contributed by atoms with Crippen LogP contribution in [0.5, 0.6) is 0 Å². The van der Waals surface area contributed by atoms with Gasteiger partial charge in [0.1, 0.15) is 0 Å². The first-order valence-corrected chi connectivity index (χ1v) is 14.7. The van der Waals surface area contributed by atoms with E-state index in [4.69, 9.17) is 0 Å². The van der Waals surface area contributed by atoms with E-state index in [1.165, 1.54) is 133 Å². The maximum absolute atomic E-state index is 4.64. The third kappa shape index (κ3) is 13.3. The van der Waals surface area contributed by atoms with E-state index in [9.17, 15) is 0 Å². The lowest BCUT2D eigenvalue weighted by Gasteiger charge is -2.06. The predicted octanol–water partition coefficient (Wildman–Crippen LogP) is 10.3. The van der Waals surface area contributed by atoms with Crippen LogP contribution < -0.4 is 0 Å². The zero-order valence-corrected chi connectivity index (χ0v) is 22.5. The molecular weight excluding hydrogens is 412 g/mol. The van der Waals surface area contributed by atoms with Gasteiger partial charge in [0, 0.05) is 18.0 Å². The van der Waals surface area contributed by atoms with Gasteiger partial charge in [0.15, 0.2) is 5.82 Å². The molecule has 0 aliphatic carbocycles. The Hall–Kier alpha value is -1.70. The zero-order chi connectivity index (χ0) is 24.1. The summed E-state index contributed by atoms with van der Waals surface area (Å²) in [6.07, 6.45) is 31.3. The molecule has 0 saturated heterocycles. The molecule has 0 unspecified atom stereocenters. The van der Waals surface area contributed by atoms with Crippen molar-refractivity contribution >= 4 is 0 Å². The quantitative estimate of drug-likeness (QED) is 0.172. The van der Waals surface area contributed by atoms with Crippen molar-refractivity contribution in [2.45, 2.75) is 142 Å². The smallest absolute Gasteiger partial charge is 0.159 e. The second-order valence-corrected chi connectivity index (χ2v) is 10.3. The van der Waals surface area contributed by atoms with E-state index in [1.54, 1.807) is 0 Å². The lowest BCUT2D eigenvalue weighted by atomic mass is 10.0. The van der Waals surface area contributed by atoms with Crippen LogP contribution in [0.3, 0.4) is 0 Å². The molecule has 1 heterocycles. The fourth-order valence-electron chi connectivity index (χ4n) is 4.73. The Morgan fingerprint density at radius 3 is 1.26 bits per heavy atom. The van der Waals surface area contributed by atoms with E-state index in [0.29, 0.717) is 0 Å². The zero-order valence-electron chi connectivity index (χ0n) is 22.5. The van der Waals surface area contributed by atoms with Crippen LogP contribution in [0.15, 0.2) is 36.7 Å². The number of aryl methyl sites for hydroxylation is 2. The van der Waals surface area contributed by atoms with Crippen molar-refractivity contribution in [1.82, 2.24) is 9.97 Å². The first kappa shape index (κ1) is 28.5. The molecule has 0 saturated carbocycles. The van der Waals surface area contributed by atoms with E-state index in [0.717, 1.165) is 17.8 Å². The summed E-state index contributed by atoms with van der Waals surface area (Å²) in [5.41, 5.74) is 3.83. The molecule has 2 nitrogen and oxygen atoms in total. The molecule has 0 atom stereocenters. The van der Waals surface area contributed by atoms with Crippen molar-refractivity contribution < 1.29 is 0 Å². The van der Waals surface area contributed by atoms with E-state index in [1.807, 2.05) is 12.4 Å². The van der Waals surface area contributed by atoms with Crippen LogP contribution in [0.1, 0.15) is 141 Å². The number of aromatic nitrogens is 2. The number of unbranched alkanes of at least 4 members (excludes halogenated alkanes) is 16. The average molecular weight is 465 g/mol. The minimum Gasteiger partial charge on any atom is -0.236 e. The van der Waals surface area contributed by atoms with Crippen molar-refractivity contribution in [3.8, 4) is 11.4 Å². The molecule has 0 N–H and O–H groups in total. The standard InChI is InChI=1S/C32H52N2/c1-3-5-7-9-10-11-12-13-14-15-16-18-20-22-30-27-33-32(34-28-30)31-25-23-29(24-26-31)21-19-17-8-6-4-2/h23-28H,3-22H2,1-2H3. The van der Waals surface area contributed by atoms with E-state index in [2.05, 4.69) is 48.1 Å². The van der Waals surface area contributed by atoms with Gasteiger partial charge in [0.05, 0.1) is 0 Å². The molecule has 2 aromatic rings. The second kappa shape index (κ2) is 19.6. The normalized spacial score (nSPS) is 11.2. The summed E-state index contributed by atoms with van der Waals surface area (Å²) in [5.74, 6) is 0.851. The number of hydrogen-bond donors (Lipinski definition) is 0. The second-order valence-electron chi connectivity index (χ2n) is 10.3. The number of nitrogens with zero attached hydrogens (tertiary/aromatic N) is 2. The first-order valence-electron chi connectivity index (χ1n) is 14.7. The average Bonchev–Trinajstić information content (AvgIpc) is 2.87. The van der Waals surface area contributed by atoms with Crippen LogP contribution in [-0.2, 0) is 12.8 Å². The summed E-state index contributed by atoms with van der Waals surface area (Å²) in [6.45, 7) is 4.56. The Morgan fingerprint density at radius 2 is 0.824 bits per heavy atom. The van der Waals surface area contributed by atoms with Crippen LogP contribution in [0.4, 0.5) is 0 Å². The summed E-state index contributed by atoms with van der Waals surface area (Å²) in [5, 5.41) is 0. The van der Waals surface area contributed by atoms with Gasteiger partial charge in [-0.15, -0.1) is 0 Å². The molecule has 0 fully saturated rings. The molecule has 1 aromatic carbocycles. The Bertz CT molecular complexity index is 705. The molecule has 0 aliphatic heterocycles. The molecule has 0 radical (unpaired) electrons. The van der Waals surface area contributed by atoms with Crippen molar-refractivity contribution in [1.29, 1.82) is 0 Å². The molecule has 34 heavy (non-hydrogen) atoms. The Kier molecular flexibility index (Phi) is 16.4. The topological polar surface area (TPSA) is 25.8 Å². The number of hydrogen-bond acceptors (Lipinski definition) is 2. The SMILES string of the molecule is CCCCCCCCCCCCCCCc1cnc(-c2ccc(CCCCCCC)cc2)nc1. The van der Waals surface area contributed by atoms with Gasteiger partial charge in [0.2, 0.25) is 0 Å². The van der Waals surface area contributed by atoms with E-state index >= 15 is 0 Å². The molecule has 2 heteroatoms. The highest BCUT2D eigenvalue weighted by atomic mass is 14.9. The Morgan fingerprint density at radius 1 is 0.441 bits per heavy atom. The highest BCUT2D eigenvalue weighted by molar-refractivity contribution is 5.55. The van der Waals surface area contributed by atoms with Crippen molar-refractivity contribution in [3.05, 3.63) is 47.8 Å². The van der Waals surface area contributed by atoms with E-state index < -0.39 is 0 Å². The van der Waals surface area contributed by atoms with Crippen molar-refractivity contribution in [2.24, 2.45) is 0 Å². The molecule has 2 rings (SSSR count). The van der Waals surface area contributed by atoms with Crippen LogP contribution in [0, 0.1) is 0 Å². The van der Waals surface area contributed by atoms with E-state index in [-0.39, 0.29) is 0 Å². The predicted molar refractivity (Wildman–Crippen MR) is 149 cm³/mol. The summed E-state index contributed by atoms with van der Waals surface area (Å²) in [4.78, 5) is 9.29. The van der Waals surface area contributed by atoms with Gasteiger partial charge in [-0.1, -0.05) is 141 Å². The van der Waals surface area contributed by atoms with Gasteiger partial charge in [-0.3, -0.25) is 0 Å². The third-order valence-corrected chi connectivity index (χ3v) is 7.06. The molecule has 190 valence electrons. The summed E-state index contributed by atoms with van der Waals surface area (Å²) in [7, 11) is 0. The number of benzene rings is 1. The van der Waals surface area contributed by atoms with Gasteiger partial charge in [-0.25, -0.2) is 9.97 Å². The van der Waals surface area contributed by atoms with Crippen molar-refractivity contribution in [2.75, 3.05) is 0 Å².